The molecule has 1 N–H and O–H groups in total. The van der Waals surface area contributed by atoms with Crippen LogP contribution in [0.25, 0.3) is 0 Å². The molecular weight excluding hydrogens is 241 g/mol. The van der Waals surface area contributed by atoms with Crippen molar-refractivity contribution < 1.29 is 9.13 Å². The van der Waals surface area contributed by atoms with Gasteiger partial charge in [0.1, 0.15) is 5.82 Å². The van der Waals surface area contributed by atoms with Crippen LogP contribution in [0.2, 0.25) is 0 Å². The van der Waals surface area contributed by atoms with Crippen molar-refractivity contribution in [2.24, 2.45) is 0 Å². The SMILES string of the molecule is COCc1ccccc1NCc1ccc(F)cc1C. The smallest absolute Gasteiger partial charge is 0.123 e. The standard InChI is InChI=1S/C16H18FNO/c1-12-9-15(17)8-7-13(12)10-18-16-6-4-3-5-14(16)11-19-2/h3-9,18H,10-11H2,1-2H3. The Bertz CT molecular complexity index is 554. The lowest BCUT2D eigenvalue weighted by atomic mass is 10.1. The van der Waals surface area contributed by atoms with E-state index in [2.05, 4.69) is 5.32 Å². The number of hydrogen-bond acceptors (Lipinski definition) is 2. The summed E-state index contributed by atoms with van der Waals surface area (Å²) in [6, 6.07) is 12.9. The van der Waals surface area contributed by atoms with Crippen molar-refractivity contribution in [3.05, 3.63) is 65.0 Å². The Morgan fingerprint density at radius 1 is 1.11 bits per heavy atom. The van der Waals surface area contributed by atoms with E-state index in [0.29, 0.717) is 13.2 Å². The molecule has 0 amide bonds. The minimum absolute atomic E-state index is 0.193. The van der Waals surface area contributed by atoms with Crippen molar-refractivity contribution in [3.63, 3.8) is 0 Å². The maximum Gasteiger partial charge on any atom is 0.123 e. The second-order valence-corrected chi connectivity index (χ2v) is 4.51. The Kier molecular flexibility index (Phi) is 4.53. The number of halogens is 1. The molecule has 3 heteroatoms. The van der Waals surface area contributed by atoms with E-state index in [4.69, 9.17) is 4.74 Å². The molecule has 0 aliphatic rings. The predicted octanol–water partition coefficient (Wildman–Crippen LogP) is 3.89. The van der Waals surface area contributed by atoms with Crippen molar-refractivity contribution in [3.8, 4) is 0 Å². The molecule has 2 aromatic carbocycles. The number of methoxy groups -OCH3 is 1. The Balaban J connectivity index is 2.10. The largest absolute Gasteiger partial charge is 0.381 e. The fourth-order valence-corrected chi connectivity index (χ4v) is 2.02. The van der Waals surface area contributed by atoms with Gasteiger partial charge in [0.15, 0.2) is 0 Å². The number of aryl methyl sites for hydroxylation is 1. The molecule has 100 valence electrons. The number of ether oxygens (including phenoxy) is 1. The molecule has 0 heterocycles. The molecule has 2 nitrogen and oxygen atoms in total. The number of para-hydroxylation sites is 1. The molecule has 2 rings (SSSR count). The highest BCUT2D eigenvalue weighted by Gasteiger charge is 2.03. The third-order valence-electron chi connectivity index (χ3n) is 3.09. The van der Waals surface area contributed by atoms with Gasteiger partial charge in [-0.15, -0.1) is 0 Å². The average molecular weight is 259 g/mol. The van der Waals surface area contributed by atoms with Gasteiger partial charge in [-0.2, -0.15) is 0 Å². The number of rotatable bonds is 5. The molecule has 0 spiro atoms. The third kappa shape index (κ3) is 3.55. The zero-order chi connectivity index (χ0) is 13.7. The highest BCUT2D eigenvalue weighted by atomic mass is 19.1. The van der Waals surface area contributed by atoms with Crippen molar-refractivity contribution in [1.29, 1.82) is 0 Å². The van der Waals surface area contributed by atoms with Gasteiger partial charge < -0.3 is 10.1 Å². The van der Waals surface area contributed by atoms with Crippen LogP contribution in [0.1, 0.15) is 16.7 Å². The van der Waals surface area contributed by atoms with E-state index < -0.39 is 0 Å². The molecule has 0 unspecified atom stereocenters. The molecule has 0 radical (unpaired) electrons. The molecule has 0 atom stereocenters. The van der Waals surface area contributed by atoms with Gasteiger partial charge in [-0.05, 0) is 36.2 Å². The van der Waals surface area contributed by atoms with Crippen LogP contribution in [0.3, 0.4) is 0 Å². The summed E-state index contributed by atoms with van der Waals surface area (Å²) in [6.45, 7) is 3.17. The summed E-state index contributed by atoms with van der Waals surface area (Å²) in [6.07, 6.45) is 0. The normalized spacial score (nSPS) is 10.5. The Morgan fingerprint density at radius 2 is 1.89 bits per heavy atom. The second-order valence-electron chi connectivity index (χ2n) is 4.51. The van der Waals surface area contributed by atoms with Gasteiger partial charge in [0, 0.05) is 24.9 Å². The highest BCUT2D eigenvalue weighted by molar-refractivity contribution is 5.51. The Hall–Kier alpha value is -1.87. The predicted molar refractivity (Wildman–Crippen MR) is 75.6 cm³/mol. The van der Waals surface area contributed by atoms with E-state index in [-0.39, 0.29) is 5.82 Å². The van der Waals surface area contributed by atoms with E-state index >= 15 is 0 Å². The molecule has 0 saturated carbocycles. The maximum atomic E-state index is 13.0. The third-order valence-corrected chi connectivity index (χ3v) is 3.09. The Labute approximate surface area is 113 Å². The monoisotopic (exact) mass is 259 g/mol. The first kappa shape index (κ1) is 13.6. The summed E-state index contributed by atoms with van der Waals surface area (Å²) in [7, 11) is 1.68. The lowest BCUT2D eigenvalue weighted by Crippen LogP contribution is -2.04. The summed E-state index contributed by atoms with van der Waals surface area (Å²) in [5.74, 6) is -0.193. The summed E-state index contributed by atoms with van der Waals surface area (Å²) in [5, 5.41) is 3.37. The van der Waals surface area contributed by atoms with Gasteiger partial charge in [-0.25, -0.2) is 4.39 Å². The summed E-state index contributed by atoms with van der Waals surface area (Å²) in [5.41, 5.74) is 4.21. The molecule has 0 aliphatic heterocycles. The zero-order valence-electron chi connectivity index (χ0n) is 11.2. The summed E-state index contributed by atoms with van der Waals surface area (Å²) < 4.78 is 18.2. The molecule has 19 heavy (non-hydrogen) atoms. The van der Waals surface area contributed by atoms with Gasteiger partial charge >= 0.3 is 0 Å². The second kappa shape index (κ2) is 6.34. The van der Waals surface area contributed by atoms with Gasteiger partial charge in [-0.1, -0.05) is 24.3 Å². The van der Waals surface area contributed by atoms with Crippen LogP contribution in [0.4, 0.5) is 10.1 Å². The van der Waals surface area contributed by atoms with E-state index in [0.717, 1.165) is 22.4 Å². The van der Waals surface area contributed by atoms with Crippen LogP contribution in [-0.4, -0.2) is 7.11 Å². The number of anilines is 1. The molecule has 0 saturated heterocycles. The first-order valence-corrected chi connectivity index (χ1v) is 6.26. The van der Waals surface area contributed by atoms with E-state index in [1.807, 2.05) is 37.3 Å². The van der Waals surface area contributed by atoms with Crippen LogP contribution in [-0.2, 0) is 17.9 Å². The molecule has 0 fully saturated rings. The van der Waals surface area contributed by atoms with Crippen LogP contribution in [0.15, 0.2) is 42.5 Å². The fraction of sp³-hybridized carbons (Fsp3) is 0.250. The van der Waals surface area contributed by atoms with E-state index in [9.17, 15) is 4.39 Å². The van der Waals surface area contributed by atoms with Crippen LogP contribution in [0.5, 0.6) is 0 Å². The van der Waals surface area contributed by atoms with Crippen molar-refractivity contribution in [2.75, 3.05) is 12.4 Å². The van der Waals surface area contributed by atoms with Crippen LogP contribution in [0, 0.1) is 12.7 Å². The van der Waals surface area contributed by atoms with Crippen LogP contribution >= 0.6 is 0 Å². The van der Waals surface area contributed by atoms with Gasteiger partial charge in [0.2, 0.25) is 0 Å². The molecule has 0 aliphatic carbocycles. The molecule has 0 bridgehead atoms. The average Bonchev–Trinajstić information content (AvgIpc) is 2.40. The number of hydrogen-bond donors (Lipinski definition) is 1. The lowest BCUT2D eigenvalue weighted by Gasteiger charge is -2.13. The van der Waals surface area contributed by atoms with E-state index in [1.54, 1.807) is 13.2 Å². The van der Waals surface area contributed by atoms with Crippen molar-refractivity contribution >= 4 is 5.69 Å². The summed E-state index contributed by atoms with van der Waals surface area (Å²) in [4.78, 5) is 0. The van der Waals surface area contributed by atoms with Crippen molar-refractivity contribution in [2.45, 2.75) is 20.1 Å². The first-order valence-electron chi connectivity index (χ1n) is 6.26. The van der Waals surface area contributed by atoms with Gasteiger partial charge in [0.25, 0.3) is 0 Å². The van der Waals surface area contributed by atoms with Crippen molar-refractivity contribution in [1.82, 2.24) is 0 Å². The molecular formula is C16H18FNO. The topological polar surface area (TPSA) is 21.3 Å². The number of nitrogens with one attached hydrogen (secondary N) is 1. The molecule has 2 aromatic rings. The summed E-state index contributed by atoms with van der Waals surface area (Å²) >= 11 is 0. The number of benzene rings is 2. The molecule has 0 aromatic heterocycles. The first-order chi connectivity index (χ1) is 9.20. The maximum absolute atomic E-state index is 13.0. The van der Waals surface area contributed by atoms with Gasteiger partial charge in [0.05, 0.1) is 6.61 Å². The lowest BCUT2D eigenvalue weighted by molar-refractivity contribution is 0.185. The zero-order valence-corrected chi connectivity index (χ0v) is 11.2. The van der Waals surface area contributed by atoms with E-state index in [1.165, 1.54) is 6.07 Å². The Morgan fingerprint density at radius 3 is 2.63 bits per heavy atom. The minimum atomic E-state index is -0.193. The van der Waals surface area contributed by atoms with Gasteiger partial charge in [-0.3, -0.25) is 0 Å². The minimum Gasteiger partial charge on any atom is -0.381 e. The fourth-order valence-electron chi connectivity index (χ4n) is 2.02. The van der Waals surface area contributed by atoms with Crippen LogP contribution < -0.4 is 5.32 Å². The quantitative estimate of drug-likeness (QED) is 0.879. The highest BCUT2D eigenvalue weighted by Crippen LogP contribution is 2.18.